The average molecular weight is 361 g/mol. The van der Waals surface area contributed by atoms with E-state index >= 15 is 0 Å². The quantitative estimate of drug-likeness (QED) is 0.858. The molecule has 2 aromatic rings. The lowest BCUT2D eigenvalue weighted by Crippen LogP contribution is -2.39. The number of carbonyl (C=O) groups is 1. The zero-order chi connectivity index (χ0) is 18.4. The van der Waals surface area contributed by atoms with Gasteiger partial charge in [0.15, 0.2) is 0 Å². The van der Waals surface area contributed by atoms with Crippen LogP contribution in [0, 0.1) is 11.6 Å². The van der Waals surface area contributed by atoms with Crippen molar-refractivity contribution in [1.82, 2.24) is 15.3 Å². The summed E-state index contributed by atoms with van der Waals surface area (Å²) in [5.74, 6) is -1.10. The van der Waals surface area contributed by atoms with Gasteiger partial charge in [-0.2, -0.15) is 0 Å². The summed E-state index contributed by atoms with van der Waals surface area (Å²) >= 11 is 0. The van der Waals surface area contributed by atoms with Gasteiger partial charge in [0.05, 0.1) is 11.8 Å². The highest BCUT2D eigenvalue weighted by Crippen LogP contribution is 2.25. The van der Waals surface area contributed by atoms with Gasteiger partial charge in [-0.1, -0.05) is 0 Å². The molecule has 0 bridgehead atoms. The molecule has 1 aliphatic carbocycles. The number of amides is 1. The molecular weight excluding hydrogens is 340 g/mol. The molecule has 1 fully saturated rings. The van der Waals surface area contributed by atoms with Crippen LogP contribution in [0.25, 0.3) is 0 Å². The third-order valence-electron chi connectivity index (χ3n) is 4.40. The largest absolute Gasteiger partial charge is 0.490 e. The Hall–Kier alpha value is -2.57. The lowest BCUT2D eigenvalue weighted by Gasteiger charge is -2.29. The molecule has 0 atom stereocenters. The van der Waals surface area contributed by atoms with E-state index in [1.54, 1.807) is 18.6 Å². The Labute approximate surface area is 150 Å². The Bertz CT molecular complexity index is 715. The summed E-state index contributed by atoms with van der Waals surface area (Å²) in [6.07, 6.45) is 8.72. The SMILES string of the molecule is O=C(CCc1cnccn1)NC1CCC(Oc2cc(F)cc(F)c2)CC1. The van der Waals surface area contributed by atoms with Crippen molar-refractivity contribution < 1.29 is 18.3 Å². The Morgan fingerprint density at radius 1 is 1.12 bits per heavy atom. The fraction of sp³-hybridized carbons (Fsp3) is 0.421. The van der Waals surface area contributed by atoms with Gasteiger partial charge in [0.2, 0.25) is 5.91 Å². The maximum Gasteiger partial charge on any atom is 0.220 e. The second-order valence-corrected chi connectivity index (χ2v) is 6.46. The first kappa shape index (κ1) is 18.2. The van der Waals surface area contributed by atoms with Gasteiger partial charge < -0.3 is 10.1 Å². The number of benzene rings is 1. The molecule has 7 heteroatoms. The number of aryl methyl sites for hydroxylation is 1. The highest BCUT2D eigenvalue weighted by atomic mass is 19.1. The molecule has 0 radical (unpaired) electrons. The zero-order valence-corrected chi connectivity index (χ0v) is 14.3. The molecule has 1 aromatic heterocycles. The molecule has 0 unspecified atom stereocenters. The number of ether oxygens (including phenoxy) is 1. The van der Waals surface area contributed by atoms with Gasteiger partial charge in [0, 0.05) is 49.3 Å². The Morgan fingerprint density at radius 2 is 1.85 bits per heavy atom. The van der Waals surface area contributed by atoms with Crippen molar-refractivity contribution in [2.24, 2.45) is 0 Å². The molecule has 0 aliphatic heterocycles. The number of aromatic nitrogens is 2. The first-order valence-electron chi connectivity index (χ1n) is 8.75. The molecule has 3 rings (SSSR count). The normalized spacial score (nSPS) is 19.8. The van der Waals surface area contributed by atoms with Crippen LogP contribution in [0.15, 0.2) is 36.8 Å². The van der Waals surface area contributed by atoms with Gasteiger partial charge in [-0.15, -0.1) is 0 Å². The summed E-state index contributed by atoms with van der Waals surface area (Å²) < 4.78 is 32.1. The summed E-state index contributed by atoms with van der Waals surface area (Å²) in [6.45, 7) is 0. The van der Waals surface area contributed by atoms with Crippen LogP contribution in [0.2, 0.25) is 0 Å². The number of nitrogens with zero attached hydrogens (tertiary/aromatic N) is 2. The summed E-state index contributed by atoms with van der Waals surface area (Å²) in [7, 11) is 0. The topological polar surface area (TPSA) is 64.1 Å². The first-order valence-corrected chi connectivity index (χ1v) is 8.75. The lowest BCUT2D eigenvalue weighted by atomic mass is 9.92. The minimum absolute atomic E-state index is 0.00720. The molecule has 1 heterocycles. The van der Waals surface area contributed by atoms with Crippen LogP contribution in [0.5, 0.6) is 5.75 Å². The van der Waals surface area contributed by atoms with Gasteiger partial charge in [-0.25, -0.2) is 8.78 Å². The van der Waals surface area contributed by atoms with Gasteiger partial charge in [0.1, 0.15) is 17.4 Å². The van der Waals surface area contributed by atoms with E-state index < -0.39 is 11.6 Å². The molecule has 1 aliphatic rings. The maximum atomic E-state index is 13.2. The van der Waals surface area contributed by atoms with E-state index in [0.717, 1.165) is 37.4 Å². The predicted octanol–water partition coefficient (Wildman–Crippen LogP) is 3.19. The smallest absolute Gasteiger partial charge is 0.220 e. The van der Waals surface area contributed by atoms with Crippen LogP contribution in [-0.4, -0.2) is 28.0 Å². The summed E-state index contributed by atoms with van der Waals surface area (Å²) in [5.41, 5.74) is 0.794. The maximum absolute atomic E-state index is 13.2. The van der Waals surface area contributed by atoms with Crippen molar-refractivity contribution >= 4 is 5.91 Å². The van der Waals surface area contributed by atoms with E-state index in [9.17, 15) is 13.6 Å². The zero-order valence-electron chi connectivity index (χ0n) is 14.3. The number of carbonyl (C=O) groups excluding carboxylic acids is 1. The molecule has 5 nitrogen and oxygen atoms in total. The molecule has 138 valence electrons. The van der Waals surface area contributed by atoms with Crippen LogP contribution < -0.4 is 10.1 Å². The molecule has 26 heavy (non-hydrogen) atoms. The van der Waals surface area contributed by atoms with Gasteiger partial charge in [-0.05, 0) is 32.1 Å². The minimum Gasteiger partial charge on any atom is -0.490 e. The number of rotatable bonds is 6. The average Bonchev–Trinajstić information content (AvgIpc) is 2.62. The van der Waals surface area contributed by atoms with Crippen LogP contribution in [-0.2, 0) is 11.2 Å². The van der Waals surface area contributed by atoms with Crippen molar-refractivity contribution in [3.63, 3.8) is 0 Å². The van der Waals surface area contributed by atoms with Crippen molar-refractivity contribution in [3.05, 3.63) is 54.1 Å². The van der Waals surface area contributed by atoms with Crippen molar-refractivity contribution in [2.45, 2.75) is 50.7 Å². The molecule has 1 amide bonds. The van der Waals surface area contributed by atoms with Crippen molar-refractivity contribution in [3.8, 4) is 5.75 Å². The number of hydrogen-bond acceptors (Lipinski definition) is 4. The van der Waals surface area contributed by atoms with E-state index in [4.69, 9.17) is 4.74 Å². The third-order valence-corrected chi connectivity index (χ3v) is 4.40. The number of halogens is 2. The van der Waals surface area contributed by atoms with E-state index in [1.807, 2.05) is 0 Å². The van der Waals surface area contributed by atoms with Crippen LogP contribution in [0.4, 0.5) is 8.78 Å². The summed E-state index contributed by atoms with van der Waals surface area (Å²) in [5, 5.41) is 3.03. The van der Waals surface area contributed by atoms with E-state index in [2.05, 4.69) is 15.3 Å². The fourth-order valence-electron chi connectivity index (χ4n) is 3.11. The van der Waals surface area contributed by atoms with Crippen molar-refractivity contribution in [1.29, 1.82) is 0 Å². The Kier molecular flexibility index (Phi) is 6.09. The monoisotopic (exact) mass is 361 g/mol. The lowest BCUT2D eigenvalue weighted by molar-refractivity contribution is -0.122. The van der Waals surface area contributed by atoms with Crippen LogP contribution >= 0.6 is 0 Å². The van der Waals surface area contributed by atoms with Gasteiger partial charge in [-0.3, -0.25) is 14.8 Å². The predicted molar refractivity (Wildman–Crippen MR) is 91.5 cm³/mol. The fourth-order valence-corrected chi connectivity index (χ4v) is 3.11. The Morgan fingerprint density at radius 3 is 2.50 bits per heavy atom. The van der Waals surface area contributed by atoms with Gasteiger partial charge in [0.25, 0.3) is 0 Å². The molecule has 1 aromatic carbocycles. The summed E-state index contributed by atoms with van der Waals surface area (Å²) in [6, 6.07) is 3.29. The van der Waals surface area contributed by atoms with E-state index in [0.29, 0.717) is 12.8 Å². The number of hydrogen-bond donors (Lipinski definition) is 1. The second kappa shape index (κ2) is 8.69. The third kappa shape index (κ3) is 5.47. The first-order chi connectivity index (χ1) is 12.6. The molecular formula is C19H21F2N3O2. The van der Waals surface area contributed by atoms with Crippen LogP contribution in [0.3, 0.4) is 0 Å². The van der Waals surface area contributed by atoms with Crippen LogP contribution in [0.1, 0.15) is 37.8 Å². The summed E-state index contributed by atoms with van der Waals surface area (Å²) in [4.78, 5) is 20.2. The molecule has 1 N–H and O–H groups in total. The Balaban J connectivity index is 1.40. The molecule has 1 saturated carbocycles. The van der Waals surface area contributed by atoms with E-state index in [1.165, 1.54) is 12.1 Å². The van der Waals surface area contributed by atoms with Gasteiger partial charge >= 0.3 is 0 Å². The second-order valence-electron chi connectivity index (χ2n) is 6.46. The molecule has 0 saturated heterocycles. The minimum atomic E-state index is -0.649. The highest BCUT2D eigenvalue weighted by Gasteiger charge is 2.23. The number of nitrogens with one attached hydrogen (secondary N) is 1. The highest BCUT2D eigenvalue weighted by molar-refractivity contribution is 5.76. The standard InChI is InChI=1S/C19H21F2N3O2/c20-13-9-14(21)11-18(10-13)26-17-4-1-15(2-5-17)24-19(25)6-3-16-12-22-7-8-23-16/h7-12,15,17H,1-6H2,(H,24,25). The van der Waals surface area contributed by atoms with E-state index in [-0.39, 0.29) is 23.8 Å². The molecule has 0 spiro atoms. The van der Waals surface area contributed by atoms with Crippen molar-refractivity contribution in [2.75, 3.05) is 0 Å².